The summed E-state index contributed by atoms with van der Waals surface area (Å²) >= 11 is 0. The molecule has 23 heavy (non-hydrogen) atoms. The number of hydrogen-bond donors (Lipinski definition) is 1. The molecule has 8 nitrogen and oxygen atoms in total. The highest BCUT2D eigenvalue weighted by molar-refractivity contribution is 6.00. The minimum absolute atomic E-state index is 0.136. The van der Waals surface area contributed by atoms with Gasteiger partial charge in [-0.1, -0.05) is 6.07 Å². The highest BCUT2D eigenvalue weighted by atomic mass is 16.6. The van der Waals surface area contributed by atoms with E-state index in [9.17, 15) is 14.4 Å². The van der Waals surface area contributed by atoms with Crippen LogP contribution in [0.15, 0.2) is 18.2 Å². The Morgan fingerprint density at radius 3 is 2.57 bits per heavy atom. The molecule has 0 spiro atoms. The molecule has 2 rings (SSSR count). The lowest BCUT2D eigenvalue weighted by Gasteiger charge is -2.19. The largest absolute Gasteiger partial charge is 0.493 e. The summed E-state index contributed by atoms with van der Waals surface area (Å²) < 4.78 is 15.4. The molecule has 1 aliphatic heterocycles. The number of nitrogens with zero attached hydrogens (tertiary/aromatic N) is 1. The highest BCUT2D eigenvalue weighted by Gasteiger charge is 2.32. The van der Waals surface area contributed by atoms with E-state index < -0.39 is 24.0 Å². The molecule has 8 heteroatoms. The van der Waals surface area contributed by atoms with Crippen molar-refractivity contribution in [3.05, 3.63) is 23.8 Å². The normalized spacial score (nSPS) is 14.9. The number of esters is 1. The van der Waals surface area contributed by atoms with E-state index in [0.717, 1.165) is 4.90 Å². The molecule has 3 amide bonds. The van der Waals surface area contributed by atoms with Crippen molar-refractivity contribution < 1.29 is 28.6 Å². The summed E-state index contributed by atoms with van der Waals surface area (Å²) in [5.41, 5.74) is 0.136. The van der Waals surface area contributed by atoms with Crippen molar-refractivity contribution in [2.24, 2.45) is 0 Å². The minimum Gasteiger partial charge on any atom is -0.493 e. The summed E-state index contributed by atoms with van der Waals surface area (Å²) in [5.74, 6) is -0.713. The summed E-state index contributed by atoms with van der Waals surface area (Å²) in [4.78, 5) is 36.9. The van der Waals surface area contributed by atoms with Crippen LogP contribution < -0.4 is 14.8 Å². The Morgan fingerprint density at radius 1 is 1.26 bits per heavy atom. The maximum Gasteiger partial charge on any atom is 0.342 e. The molecule has 1 saturated heterocycles. The molecule has 1 atom stereocenters. The monoisotopic (exact) mass is 322 g/mol. The van der Waals surface area contributed by atoms with Crippen molar-refractivity contribution in [3.8, 4) is 11.5 Å². The number of ether oxygens (including phenoxy) is 3. The minimum atomic E-state index is -1.10. The molecule has 1 aromatic carbocycles. The SMILES string of the molecule is COc1cccc(C(=O)OC(C)C(=O)N2CCNC2=O)c1OC. The number of urea groups is 1. The predicted molar refractivity (Wildman–Crippen MR) is 79.5 cm³/mol. The third-order valence-electron chi connectivity index (χ3n) is 3.38. The molecular formula is C15H18N2O6. The number of imide groups is 1. The Balaban J connectivity index is 2.12. The lowest BCUT2D eigenvalue weighted by atomic mass is 10.2. The van der Waals surface area contributed by atoms with Gasteiger partial charge in [0.15, 0.2) is 17.6 Å². The number of hydrogen-bond acceptors (Lipinski definition) is 6. The summed E-state index contributed by atoms with van der Waals surface area (Å²) in [7, 11) is 2.85. The van der Waals surface area contributed by atoms with E-state index in [2.05, 4.69) is 5.32 Å². The van der Waals surface area contributed by atoms with Crippen molar-refractivity contribution >= 4 is 17.9 Å². The van der Waals surface area contributed by atoms with Gasteiger partial charge in [-0.3, -0.25) is 9.69 Å². The third kappa shape index (κ3) is 3.36. The molecule has 1 aliphatic rings. The topological polar surface area (TPSA) is 94.2 Å². The average molecular weight is 322 g/mol. The third-order valence-corrected chi connectivity index (χ3v) is 3.38. The van der Waals surface area contributed by atoms with Gasteiger partial charge in [-0.25, -0.2) is 9.59 Å². The highest BCUT2D eigenvalue weighted by Crippen LogP contribution is 2.31. The second-order valence-electron chi connectivity index (χ2n) is 4.81. The molecule has 124 valence electrons. The molecule has 1 heterocycles. The van der Waals surface area contributed by atoms with Crippen LogP contribution in [0.3, 0.4) is 0 Å². The second kappa shape index (κ2) is 6.99. The van der Waals surface area contributed by atoms with E-state index in [4.69, 9.17) is 14.2 Å². The van der Waals surface area contributed by atoms with Gasteiger partial charge in [0.2, 0.25) is 0 Å². The first-order valence-electron chi connectivity index (χ1n) is 7.00. The Hall–Kier alpha value is -2.77. The van der Waals surface area contributed by atoms with Gasteiger partial charge < -0.3 is 19.5 Å². The van der Waals surface area contributed by atoms with E-state index in [1.807, 2.05) is 0 Å². The van der Waals surface area contributed by atoms with Crippen LogP contribution in [0.1, 0.15) is 17.3 Å². The summed E-state index contributed by atoms with van der Waals surface area (Å²) in [6.07, 6.45) is -1.10. The van der Waals surface area contributed by atoms with E-state index in [1.165, 1.54) is 27.2 Å². The Kier molecular flexibility index (Phi) is 5.05. The van der Waals surface area contributed by atoms with Crippen molar-refractivity contribution in [2.45, 2.75) is 13.0 Å². The zero-order chi connectivity index (χ0) is 17.0. The van der Waals surface area contributed by atoms with Gasteiger partial charge in [0.25, 0.3) is 5.91 Å². The molecule has 0 saturated carbocycles. The zero-order valence-corrected chi connectivity index (χ0v) is 13.1. The van der Waals surface area contributed by atoms with Gasteiger partial charge in [0.05, 0.1) is 14.2 Å². The number of para-hydroxylation sites is 1. The van der Waals surface area contributed by atoms with Gasteiger partial charge in [-0.05, 0) is 19.1 Å². The smallest absolute Gasteiger partial charge is 0.342 e. The van der Waals surface area contributed by atoms with E-state index >= 15 is 0 Å². The van der Waals surface area contributed by atoms with Gasteiger partial charge in [0.1, 0.15) is 5.56 Å². The summed E-state index contributed by atoms with van der Waals surface area (Å²) in [6, 6.07) is 4.26. The Morgan fingerprint density at radius 2 is 2.00 bits per heavy atom. The van der Waals surface area contributed by atoms with E-state index in [-0.39, 0.29) is 17.9 Å². The van der Waals surface area contributed by atoms with Crippen LogP contribution in [0.2, 0.25) is 0 Å². The second-order valence-corrected chi connectivity index (χ2v) is 4.81. The first-order chi connectivity index (χ1) is 11.0. The Bertz CT molecular complexity index is 630. The van der Waals surface area contributed by atoms with Crippen molar-refractivity contribution in [1.82, 2.24) is 10.2 Å². The summed E-state index contributed by atoms with van der Waals surface area (Å²) in [5, 5.41) is 2.51. The van der Waals surface area contributed by atoms with Crippen LogP contribution in [0.5, 0.6) is 11.5 Å². The zero-order valence-electron chi connectivity index (χ0n) is 13.1. The average Bonchev–Trinajstić information content (AvgIpc) is 2.98. The molecular weight excluding hydrogens is 304 g/mol. The van der Waals surface area contributed by atoms with Crippen LogP contribution in [0.25, 0.3) is 0 Å². The molecule has 0 bridgehead atoms. The first-order valence-corrected chi connectivity index (χ1v) is 7.00. The predicted octanol–water partition coefficient (Wildman–Crippen LogP) is 0.801. The molecule has 0 radical (unpaired) electrons. The van der Waals surface area contributed by atoms with Crippen LogP contribution >= 0.6 is 0 Å². The fourth-order valence-corrected chi connectivity index (χ4v) is 2.22. The molecule has 1 N–H and O–H groups in total. The molecule has 0 aromatic heterocycles. The number of nitrogens with one attached hydrogen (secondary N) is 1. The van der Waals surface area contributed by atoms with Crippen molar-refractivity contribution in [1.29, 1.82) is 0 Å². The fourth-order valence-electron chi connectivity index (χ4n) is 2.22. The number of amides is 3. The molecule has 1 unspecified atom stereocenters. The van der Waals surface area contributed by atoms with Crippen molar-refractivity contribution in [2.75, 3.05) is 27.3 Å². The number of benzene rings is 1. The number of carbonyl (C=O) groups excluding carboxylic acids is 3. The van der Waals surface area contributed by atoms with E-state index in [0.29, 0.717) is 12.3 Å². The fraction of sp³-hybridized carbons (Fsp3) is 0.400. The van der Waals surface area contributed by atoms with Crippen LogP contribution in [0.4, 0.5) is 4.79 Å². The number of carbonyl (C=O) groups is 3. The summed E-state index contributed by atoms with van der Waals surface area (Å²) in [6.45, 7) is 2.05. The molecule has 1 aromatic rings. The standard InChI is InChI=1S/C15H18N2O6/c1-9(13(18)17-8-7-16-15(17)20)23-14(19)10-5-4-6-11(21-2)12(10)22-3/h4-6,9H,7-8H2,1-3H3,(H,16,20). The van der Waals surface area contributed by atoms with Crippen LogP contribution in [-0.2, 0) is 9.53 Å². The van der Waals surface area contributed by atoms with Crippen molar-refractivity contribution in [3.63, 3.8) is 0 Å². The lowest BCUT2D eigenvalue weighted by Crippen LogP contribution is -2.41. The quantitative estimate of drug-likeness (QED) is 0.806. The van der Waals surface area contributed by atoms with Crippen LogP contribution in [-0.4, -0.2) is 56.2 Å². The number of methoxy groups -OCH3 is 2. The van der Waals surface area contributed by atoms with Gasteiger partial charge in [-0.15, -0.1) is 0 Å². The maximum atomic E-state index is 12.3. The Labute approximate surface area is 133 Å². The van der Waals surface area contributed by atoms with Crippen LogP contribution in [0, 0.1) is 0 Å². The van der Waals surface area contributed by atoms with Gasteiger partial charge in [0, 0.05) is 13.1 Å². The first kappa shape index (κ1) is 16.6. The molecule has 0 aliphatic carbocycles. The lowest BCUT2D eigenvalue weighted by molar-refractivity contribution is -0.136. The van der Waals surface area contributed by atoms with Gasteiger partial charge in [-0.2, -0.15) is 0 Å². The van der Waals surface area contributed by atoms with Gasteiger partial charge >= 0.3 is 12.0 Å². The van der Waals surface area contributed by atoms with E-state index in [1.54, 1.807) is 12.1 Å². The number of rotatable bonds is 5. The maximum absolute atomic E-state index is 12.3. The molecule has 1 fully saturated rings.